The molecule has 25 heteroatoms. The Kier molecular flexibility index (Phi) is 27.0. The first-order chi connectivity index (χ1) is 30.1. The molecule has 0 saturated carbocycles. The Morgan fingerprint density at radius 2 is 1.34 bits per heavy atom. The monoisotopic (exact) mass is 963 g/mol. The molecule has 1 fully saturated rings. The van der Waals surface area contributed by atoms with Gasteiger partial charge in [-0.15, -0.1) is 0 Å². The molecule has 1 heterocycles. The molecule has 364 valence electrons. The number of amides is 9. The summed E-state index contributed by atoms with van der Waals surface area (Å²) in [4.78, 5) is 132. The van der Waals surface area contributed by atoms with Gasteiger partial charge in [-0.3, -0.25) is 43.2 Å². The SMILES string of the molecule is CSCC[C@H](NC(=O)[C@@H](NC(=O)[C@@H](N)CS)C(C)C)C(=O)N1CCC[C@H]1C(=O)NCC(=O)N[C@@H](CC(C)C)C(=O)N[C@@H](CCCCN)C(=O)N[C@@H](CC(N)=O)C(=O)N[C@@H](CS)C(=O)O. The van der Waals surface area contributed by atoms with Gasteiger partial charge in [-0.1, -0.05) is 27.7 Å². The fourth-order valence-electron chi connectivity index (χ4n) is 6.54. The number of thiol groups is 2. The predicted octanol–water partition coefficient (Wildman–Crippen LogP) is -3.27. The number of carboxylic acids is 1. The normalized spacial score (nSPS) is 16.9. The summed E-state index contributed by atoms with van der Waals surface area (Å²) in [6.45, 7) is 6.94. The highest BCUT2D eigenvalue weighted by Crippen LogP contribution is 2.20. The maximum Gasteiger partial charge on any atom is 0.327 e. The van der Waals surface area contributed by atoms with Gasteiger partial charge in [-0.2, -0.15) is 37.0 Å². The molecule has 8 atom stereocenters. The molecule has 1 aliphatic rings. The molecule has 0 spiro atoms. The minimum absolute atomic E-state index is 0.0326. The first-order valence-electron chi connectivity index (χ1n) is 21.2. The summed E-state index contributed by atoms with van der Waals surface area (Å²) in [5.41, 5.74) is 16.7. The summed E-state index contributed by atoms with van der Waals surface area (Å²) in [5, 5.41) is 27.0. The third-order valence-electron chi connectivity index (χ3n) is 10.0. The number of likely N-dealkylation sites (tertiary alicyclic amines) is 1. The molecule has 1 aliphatic heterocycles. The third-order valence-corrected chi connectivity index (χ3v) is 11.4. The molecular weight excluding hydrogens is 895 g/mol. The van der Waals surface area contributed by atoms with Crippen LogP contribution in [0.1, 0.15) is 79.1 Å². The van der Waals surface area contributed by atoms with Gasteiger partial charge in [0, 0.05) is 18.1 Å². The van der Waals surface area contributed by atoms with Gasteiger partial charge in [0.2, 0.25) is 53.2 Å². The fourth-order valence-corrected chi connectivity index (χ4v) is 7.43. The van der Waals surface area contributed by atoms with Crippen molar-refractivity contribution < 1.29 is 53.1 Å². The van der Waals surface area contributed by atoms with Crippen LogP contribution < -0.4 is 54.4 Å². The van der Waals surface area contributed by atoms with Crippen LogP contribution in [-0.2, 0) is 47.9 Å². The number of thioether (sulfide) groups is 1. The molecule has 0 aromatic carbocycles. The number of hydrogen-bond donors (Lipinski definition) is 13. The first kappa shape index (κ1) is 57.7. The average molecular weight is 964 g/mol. The number of carboxylic acid groups (broad SMARTS) is 1. The van der Waals surface area contributed by atoms with Crippen molar-refractivity contribution in [1.29, 1.82) is 0 Å². The quantitative estimate of drug-likeness (QED) is 0.0248. The minimum Gasteiger partial charge on any atom is -0.480 e. The van der Waals surface area contributed by atoms with Gasteiger partial charge in [0.25, 0.3) is 0 Å². The number of nitrogens with one attached hydrogen (secondary N) is 7. The van der Waals surface area contributed by atoms with Gasteiger partial charge < -0.3 is 64.4 Å². The zero-order valence-electron chi connectivity index (χ0n) is 37.2. The second-order valence-electron chi connectivity index (χ2n) is 16.2. The Hall–Kier alpha value is -4.33. The molecule has 0 aliphatic carbocycles. The summed E-state index contributed by atoms with van der Waals surface area (Å²) >= 11 is 9.39. The minimum atomic E-state index is -1.60. The van der Waals surface area contributed by atoms with Crippen LogP contribution in [0.2, 0.25) is 0 Å². The molecule has 0 aromatic heterocycles. The van der Waals surface area contributed by atoms with Crippen molar-refractivity contribution in [3.8, 4) is 0 Å². The molecule has 9 amide bonds. The van der Waals surface area contributed by atoms with Gasteiger partial charge in [-0.25, -0.2) is 4.79 Å². The largest absolute Gasteiger partial charge is 0.480 e. The van der Waals surface area contributed by atoms with E-state index in [0.29, 0.717) is 25.0 Å². The van der Waals surface area contributed by atoms with Crippen molar-refractivity contribution in [2.75, 3.05) is 43.1 Å². The maximum absolute atomic E-state index is 14.0. The Morgan fingerprint density at radius 3 is 1.89 bits per heavy atom. The molecule has 64 heavy (non-hydrogen) atoms. The Balaban J connectivity index is 3.15. The fraction of sp³-hybridized carbons (Fsp3) is 0.744. The Labute approximate surface area is 389 Å². The van der Waals surface area contributed by atoms with E-state index < -0.39 is 120 Å². The van der Waals surface area contributed by atoms with E-state index in [1.54, 1.807) is 27.7 Å². The van der Waals surface area contributed by atoms with E-state index >= 15 is 0 Å². The van der Waals surface area contributed by atoms with Crippen LogP contribution in [0.25, 0.3) is 0 Å². The van der Waals surface area contributed by atoms with Crippen molar-refractivity contribution >= 4 is 96.2 Å². The number of unbranched alkanes of at least 4 members (excludes halogenated alkanes) is 1. The second kappa shape index (κ2) is 30.0. The van der Waals surface area contributed by atoms with E-state index in [9.17, 15) is 53.1 Å². The van der Waals surface area contributed by atoms with Gasteiger partial charge in [0.05, 0.1) is 19.0 Å². The van der Waals surface area contributed by atoms with Crippen LogP contribution >= 0.6 is 37.0 Å². The lowest BCUT2D eigenvalue weighted by Gasteiger charge is -2.30. The van der Waals surface area contributed by atoms with Crippen LogP contribution in [0, 0.1) is 11.8 Å². The topological polar surface area (TPSA) is 356 Å². The zero-order chi connectivity index (χ0) is 48.7. The van der Waals surface area contributed by atoms with Gasteiger partial charge in [0.1, 0.15) is 42.3 Å². The number of primary amides is 1. The maximum atomic E-state index is 14.0. The summed E-state index contributed by atoms with van der Waals surface area (Å²) in [7, 11) is 0. The van der Waals surface area contributed by atoms with Gasteiger partial charge in [0.15, 0.2) is 0 Å². The lowest BCUT2D eigenvalue weighted by Crippen LogP contribution is -2.59. The standard InChI is InChI=1S/C39H69N11O11S3/c1-20(2)15-25(34(55)45-23(9-6-7-12-40)33(54)47-26(16-29(42)51)35(56)48-27(19-63)39(60)61)44-30(52)17-43-36(57)28-10-8-13-50(28)38(59)24(11-14-64-5)46-37(58)31(21(3)4)49-32(53)22(41)18-62/h20-28,31,62-63H,6-19,40-41H2,1-5H3,(H2,42,51)(H,43,57)(H,44,52)(H,45,55)(H,46,58)(H,47,54)(H,48,56)(H,49,53)(H,60,61)/t22-,23-,24-,25-,26-,27-,28-,31-/m0/s1. The zero-order valence-corrected chi connectivity index (χ0v) is 39.8. The molecule has 0 aromatic rings. The molecule has 14 N–H and O–H groups in total. The summed E-state index contributed by atoms with van der Waals surface area (Å²) in [5.74, 6) is -8.38. The number of nitrogens with zero attached hydrogens (tertiary/aromatic N) is 1. The van der Waals surface area contributed by atoms with E-state index in [-0.39, 0.29) is 62.1 Å². The van der Waals surface area contributed by atoms with Crippen LogP contribution in [0.5, 0.6) is 0 Å². The van der Waals surface area contributed by atoms with E-state index in [2.05, 4.69) is 62.5 Å². The van der Waals surface area contributed by atoms with Crippen LogP contribution in [0.15, 0.2) is 0 Å². The molecule has 1 saturated heterocycles. The van der Waals surface area contributed by atoms with E-state index in [4.69, 9.17) is 17.2 Å². The average Bonchev–Trinajstić information content (AvgIpc) is 3.73. The number of hydrogen-bond acceptors (Lipinski definition) is 15. The third kappa shape index (κ3) is 20.2. The van der Waals surface area contributed by atoms with Crippen molar-refractivity contribution in [1.82, 2.24) is 42.1 Å². The molecular formula is C39H69N11O11S3. The summed E-state index contributed by atoms with van der Waals surface area (Å²) in [6.07, 6.45) is 3.07. The smallest absolute Gasteiger partial charge is 0.327 e. The van der Waals surface area contributed by atoms with Crippen molar-refractivity contribution in [2.24, 2.45) is 29.0 Å². The predicted molar refractivity (Wildman–Crippen MR) is 247 cm³/mol. The highest BCUT2D eigenvalue weighted by Gasteiger charge is 2.39. The Bertz CT molecular complexity index is 1630. The number of carbonyl (C=O) groups is 10. The van der Waals surface area contributed by atoms with Crippen molar-refractivity contribution in [2.45, 2.75) is 127 Å². The van der Waals surface area contributed by atoms with Crippen LogP contribution in [0.4, 0.5) is 0 Å². The number of rotatable bonds is 30. The summed E-state index contributed by atoms with van der Waals surface area (Å²) < 4.78 is 0. The highest BCUT2D eigenvalue weighted by molar-refractivity contribution is 7.98. The van der Waals surface area contributed by atoms with Gasteiger partial charge >= 0.3 is 5.97 Å². The molecule has 0 unspecified atom stereocenters. The van der Waals surface area contributed by atoms with Gasteiger partial charge in [-0.05, 0) is 75.3 Å². The second-order valence-corrected chi connectivity index (χ2v) is 17.9. The molecule has 22 nitrogen and oxygen atoms in total. The lowest BCUT2D eigenvalue weighted by atomic mass is 10.0. The first-order valence-corrected chi connectivity index (χ1v) is 23.8. The molecule has 0 radical (unpaired) electrons. The lowest BCUT2D eigenvalue weighted by molar-refractivity contribution is -0.142. The van der Waals surface area contributed by atoms with Crippen LogP contribution in [0.3, 0.4) is 0 Å². The highest BCUT2D eigenvalue weighted by atomic mass is 32.2. The van der Waals surface area contributed by atoms with E-state index in [1.165, 1.54) is 16.7 Å². The van der Waals surface area contributed by atoms with Crippen molar-refractivity contribution in [3.63, 3.8) is 0 Å². The van der Waals surface area contributed by atoms with Crippen molar-refractivity contribution in [3.05, 3.63) is 0 Å². The van der Waals surface area contributed by atoms with Crippen LogP contribution in [-0.4, -0.2) is 161 Å². The number of carbonyl (C=O) groups excluding carboxylic acids is 9. The van der Waals surface area contributed by atoms with E-state index in [1.807, 2.05) is 6.26 Å². The molecule has 0 bridgehead atoms. The summed E-state index contributed by atoms with van der Waals surface area (Å²) in [6, 6.07) is -9.49. The van der Waals surface area contributed by atoms with E-state index in [0.717, 1.165) is 0 Å². The Morgan fingerprint density at radius 1 is 0.750 bits per heavy atom. The number of nitrogens with two attached hydrogens (primary N) is 3. The number of aliphatic carboxylic acids is 1. The molecule has 1 rings (SSSR count).